The molecule has 0 spiro atoms. The van der Waals surface area contributed by atoms with Crippen LogP contribution in [0, 0.1) is 5.82 Å². The van der Waals surface area contributed by atoms with E-state index in [4.69, 9.17) is 4.74 Å². The zero-order chi connectivity index (χ0) is 21.5. The molecule has 6 nitrogen and oxygen atoms in total. The van der Waals surface area contributed by atoms with Crippen molar-refractivity contribution in [1.29, 1.82) is 0 Å². The van der Waals surface area contributed by atoms with E-state index in [2.05, 4.69) is 5.32 Å². The Bertz CT molecular complexity index is 864. The fourth-order valence-electron chi connectivity index (χ4n) is 3.55. The zero-order valence-corrected chi connectivity index (χ0v) is 17.4. The summed E-state index contributed by atoms with van der Waals surface area (Å²) in [5.74, 6) is -0.0275. The highest BCUT2D eigenvalue weighted by Crippen LogP contribution is 2.14. The van der Waals surface area contributed by atoms with E-state index < -0.39 is 5.82 Å². The van der Waals surface area contributed by atoms with Gasteiger partial charge in [-0.25, -0.2) is 4.39 Å². The first-order chi connectivity index (χ1) is 14.5. The van der Waals surface area contributed by atoms with Gasteiger partial charge in [0.1, 0.15) is 11.6 Å². The van der Waals surface area contributed by atoms with Gasteiger partial charge in [-0.3, -0.25) is 14.5 Å². The largest absolute Gasteiger partial charge is 0.497 e. The first-order valence-electron chi connectivity index (χ1n) is 10.2. The monoisotopic (exact) mass is 413 g/mol. The lowest BCUT2D eigenvalue weighted by atomic mass is 10.1. The molecule has 3 rings (SSSR count). The Balaban J connectivity index is 1.43. The molecule has 0 aliphatic carbocycles. The van der Waals surface area contributed by atoms with Crippen molar-refractivity contribution in [1.82, 2.24) is 15.1 Å². The number of rotatable bonds is 7. The minimum Gasteiger partial charge on any atom is -0.497 e. The smallest absolute Gasteiger partial charge is 0.256 e. The van der Waals surface area contributed by atoms with Crippen molar-refractivity contribution in [2.75, 3.05) is 39.8 Å². The molecule has 160 valence electrons. The highest BCUT2D eigenvalue weighted by Gasteiger charge is 2.28. The predicted octanol–water partition coefficient (Wildman–Crippen LogP) is 2.34. The van der Waals surface area contributed by atoms with Crippen molar-refractivity contribution in [2.45, 2.75) is 19.4 Å². The van der Waals surface area contributed by atoms with Gasteiger partial charge in [-0.1, -0.05) is 24.3 Å². The second-order valence-corrected chi connectivity index (χ2v) is 7.37. The second-order valence-electron chi connectivity index (χ2n) is 7.37. The van der Waals surface area contributed by atoms with Gasteiger partial charge < -0.3 is 15.0 Å². The first-order valence-corrected chi connectivity index (χ1v) is 10.2. The van der Waals surface area contributed by atoms with Crippen molar-refractivity contribution in [2.24, 2.45) is 0 Å². The molecular formula is C23H28FN3O3. The topological polar surface area (TPSA) is 61.9 Å². The lowest BCUT2D eigenvalue weighted by Gasteiger charge is -2.37. The summed E-state index contributed by atoms with van der Waals surface area (Å²) < 4.78 is 19.0. The Labute approximate surface area is 176 Å². The number of hydrogen-bond donors (Lipinski definition) is 1. The summed E-state index contributed by atoms with van der Waals surface area (Å²) in [6.45, 7) is 4.52. The molecule has 2 aromatic carbocycles. The molecule has 1 fully saturated rings. The van der Waals surface area contributed by atoms with E-state index in [0.717, 1.165) is 17.7 Å². The van der Waals surface area contributed by atoms with Gasteiger partial charge in [-0.15, -0.1) is 0 Å². The zero-order valence-electron chi connectivity index (χ0n) is 17.4. The molecule has 0 bridgehead atoms. The Morgan fingerprint density at radius 1 is 1.07 bits per heavy atom. The number of amides is 2. The maximum absolute atomic E-state index is 13.9. The number of nitrogens with zero attached hydrogens (tertiary/aromatic N) is 2. The molecule has 7 heteroatoms. The van der Waals surface area contributed by atoms with Crippen LogP contribution in [0.3, 0.4) is 0 Å². The normalized spacial score (nSPS) is 15.5. The van der Waals surface area contributed by atoms with E-state index in [1.807, 2.05) is 36.1 Å². The average molecular weight is 413 g/mol. The third-order valence-electron chi connectivity index (χ3n) is 5.50. The van der Waals surface area contributed by atoms with Crippen LogP contribution in [0.2, 0.25) is 0 Å². The number of benzene rings is 2. The molecular weight excluding hydrogens is 385 g/mol. The molecule has 0 radical (unpaired) electrons. The van der Waals surface area contributed by atoms with Crippen molar-refractivity contribution < 1.29 is 18.7 Å². The Kier molecular flexibility index (Phi) is 7.41. The summed E-state index contributed by atoms with van der Waals surface area (Å²) in [4.78, 5) is 28.7. The van der Waals surface area contributed by atoms with Gasteiger partial charge in [0.25, 0.3) is 5.91 Å². The number of nitrogens with one attached hydrogen (secondary N) is 1. The number of carbonyl (C=O) groups excluding carboxylic acids is 2. The SMILES string of the molecule is COc1ccc(CCNC(=O)C(C)N2CCN(C(=O)c3ccccc3F)CC2)cc1. The third kappa shape index (κ3) is 5.36. The molecule has 1 saturated heterocycles. The number of halogens is 1. The molecule has 1 aliphatic heterocycles. The van der Waals surface area contributed by atoms with Crippen LogP contribution in [0.1, 0.15) is 22.8 Å². The van der Waals surface area contributed by atoms with Gasteiger partial charge in [0, 0.05) is 32.7 Å². The molecule has 1 unspecified atom stereocenters. The van der Waals surface area contributed by atoms with Gasteiger partial charge in [-0.05, 0) is 43.2 Å². The van der Waals surface area contributed by atoms with Crippen LogP contribution in [0.25, 0.3) is 0 Å². The summed E-state index contributed by atoms with van der Waals surface area (Å²) in [6.07, 6.45) is 0.743. The van der Waals surface area contributed by atoms with Gasteiger partial charge in [0.2, 0.25) is 5.91 Å². The highest BCUT2D eigenvalue weighted by molar-refractivity contribution is 5.94. The minimum absolute atomic E-state index is 0.0302. The van der Waals surface area contributed by atoms with E-state index in [1.165, 1.54) is 12.1 Å². The van der Waals surface area contributed by atoms with Crippen LogP contribution in [0.4, 0.5) is 4.39 Å². The molecule has 1 atom stereocenters. The van der Waals surface area contributed by atoms with E-state index in [0.29, 0.717) is 32.7 Å². The van der Waals surface area contributed by atoms with Crippen LogP contribution in [0.5, 0.6) is 5.75 Å². The standard InChI is InChI=1S/C23H28FN3O3/c1-17(22(28)25-12-11-18-7-9-19(30-2)10-8-18)26-13-15-27(16-14-26)23(29)20-5-3-4-6-21(20)24/h3-10,17H,11-16H2,1-2H3,(H,25,28). The molecule has 0 saturated carbocycles. The predicted molar refractivity (Wildman–Crippen MR) is 113 cm³/mol. The lowest BCUT2D eigenvalue weighted by molar-refractivity contribution is -0.126. The molecule has 1 aliphatic rings. The molecule has 1 heterocycles. The fourth-order valence-corrected chi connectivity index (χ4v) is 3.55. The van der Waals surface area contributed by atoms with Crippen molar-refractivity contribution >= 4 is 11.8 Å². The Morgan fingerprint density at radius 2 is 1.73 bits per heavy atom. The third-order valence-corrected chi connectivity index (χ3v) is 5.50. The van der Waals surface area contributed by atoms with E-state index in [-0.39, 0.29) is 23.4 Å². The van der Waals surface area contributed by atoms with Crippen LogP contribution in [-0.2, 0) is 11.2 Å². The van der Waals surface area contributed by atoms with E-state index in [1.54, 1.807) is 24.1 Å². The fraction of sp³-hybridized carbons (Fsp3) is 0.391. The molecule has 30 heavy (non-hydrogen) atoms. The maximum atomic E-state index is 13.9. The maximum Gasteiger partial charge on any atom is 0.256 e. The Morgan fingerprint density at radius 3 is 2.37 bits per heavy atom. The minimum atomic E-state index is -0.505. The van der Waals surface area contributed by atoms with E-state index >= 15 is 0 Å². The van der Waals surface area contributed by atoms with Crippen LogP contribution < -0.4 is 10.1 Å². The van der Waals surface area contributed by atoms with Crippen molar-refractivity contribution in [3.8, 4) is 5.75 Å². The first kappa shape index (κ1) is 21.8. The average Bonchev–Trinajstić information content (AvgIpc) is 2.79. The second kappa shape index (κ2) is 10.2. The summed E-state index contributed by atoms with van der Waals surface area (Å²) in [5, 5.41) is 2.98. The molecule has 0 aromatic heterocycles. The van der Waals surface area contributed by atoms with E-state index in [9.17, 15) is 14.0 Å². The number of ether oxygens (including phenoxy) is 1. The van der Waals surface area contributed by atoms with Gasteiger partial charge in [0.15, 0.2) is 0 Å². The summed E-state index contributed by atoms with van der Waals surface area (Å²) >= 11 is 0. The van der Waals surface area contributed by atoms with Gasteiger partial charge >= 0.3 is 0 Å². The van der Waals surface area contributed by atoms with Crippen molar-refractivity contribution in [3.63, 3.8) is 0 Å². The van der Waals surface area contributed by atoms with Crippen LogP contribution >= 0.6 is 0 Å². The number of carbonyl (C=O) groups is 2. The number of methoxy groups -OCH3 is 1. The summed E-state index contributed by atoms with van der Waals surface area (Å²) in [5.41, 5.74) is 1.22. The number of hydrogen-bond acceptors (Lipinski definition) is 4. The Hall–Kier alpha value is -2.93. The quantitative estimate of drug-likeness (QED) is 0.757. The van der Waals surface area contributed by atoms with Gasteiger partial charge in [-0.2, -0.15) is 0 Å². The molecule has 2 amide bonds. The number of piperazine rings is 1. The van der Waals surface area contributed by atoms with Crippen LogP contribution in [0.15, 0.2) is 48.5 Å². The highest BCUT2D eigenvalue weighted by atomic mass is 19.1. The lowest BCUT2D eigenvalue weighted by Crippen LogP contribution is -2.55. The van der Waals surface area contributed by atoms with Crippen molar-refractivity contribution in [3.05, 3.63) is 65.5 Å². The molecule has 1 N–H and O–H groups in total. The van der Waals surface area contributed by atoms with Gasteiger partial charge in [0.05, 0.1) is 18.7 Å². The molecule has 2 aromatic rings. The van der Waals surface area contributed by atoms with Crippen LogP contribution in [-0.4, -0.2) is 67.5 Å². The summed E-state index contributed by atoms with van der Waals surface area (Å²) in [6, 6.07) is 13.5. The summed E-state index contributed by atoms with van der Waals surface area (Å²) in [7, 11) is 1.63.